The molecule has 0 unspecified atom stereocenters. The zero-order valence-electron chi connectivity index (χ0n) is 8.92. The Balaban J connectivity index is 2.05. The van der Waals surface area contributed by atoms with Crippen LogP contribution in [0.3, 0.4) is 0 Å². The molecule has 2 aromatic rings. The average Bonchev–Trinajstić information content (AvgIpc) is 2.28. The van der Waals surface area contributed by atoms with Gasteiger partial charge < -0.3 is 5.73 Å². The minimum Gasteiger partial charge on any atom is -0.381 e. The number of anilines is 1. The zero-order chi connectivity index (χ0) is 11.4. The molecule has 0 saturated heterocycles. The predicted molar refractivity (Wildman–Crippen MR) is 65.0 cm³/mol. The Labute approximate surface area is 98.3 Å². The smallest absolute Gasteiger partial charge is 0.156 e. The van der Waals surface area contributed by atoms with E-state index < -0.39 is 0 Å². The van der Waals surface area contributed by atoms with Crippen LogP contribution in [0.1, 0.15) is 11.4 Å². The molecule has 2 heterocycles. The Morgan fingerprint density at radius 1 is 1.25 bits per heavy atom. The lowest BCUT2D eigenvalue weighted by Crippen LogP contribution is -1.95. The van der Waals surface area contributed by atoms with Crippen LogP contribution in [0.15, 0.2) is 35.6 Å². The number of rotatable bonds is 3. The van der Waals surface area contributed by atoms with Crippen LogP contribution < -0.4 is 5.73 Å². The summed E-state index contributed by atoms with van der Waals surface area (Å²) < 4.78 is 0. The highest BCUT2D eigenvalue weighted by Gasteiger charge is 2.03. The Morgan fingerprint density at radius 3 is 2.81 bits per heavy atom. The molecule has 0 spiro atoms. The van der Waals surface area contributed by atoms with Crippen molar-refractivity contribution >= 4 is 17.6 Å². The summed E-state index contributed by atoms with van der Waals surface area (Å²) in [6.07, 6.45) is 3.23. The van der Waals surface area contributed by atoms with E-state index in [1.165, 1.54) is 0 Å². The van der Waals surface area contributed by atoms with Gasteiger partial charge in [0.25, 0.3) is 0 Å². The monoisotopic (exact) mass is 232 g/mol. The SMILES string of the molecule is Cc1cccc(CSc2nccnc2N)n1. The second-order valence-electron chi connectivity index (χ2n) is 3.31. The van der Waals surface area contributed by atoms with Gasteiger partial charge in [0.05, 0.1) is 5.69 Å². The molecule has 16 heavy (non-hydrogen) atoms. The quantitative estimate of drug-likeness (QED) is 0.820. The summed E-state index contributed by atoms with van der Waals surface area (Å²) in [4.78, 5) is 12.6. The fraction of sp³-hybridized carbons (Fsp3) is 0.182. The van der Waals surface area contributed by atoms with Gasteiger partial charge in [-0.25, -0.2) is 9.97 Å². The van der Waals surface area contributed by atoms with E-state index in [1.807, 2.05) is 25.1 Å². The summed E-state index contributed by atoms with van der Waals surface area (Å²) in [5.74, 6) is 1.23. The number of pyridine rings is 1. The minimum absolute atomic E-state index is 0.472. The summed E-state index contributed by atoms with van der Waals surface area (Å²) in [5, 5.41) is 0.755. The van der Waals surface area contributed by atoms with Gasteiger partial charge in [-0.3, -0.25) is 4.98 Å². The fourth-order valence-corrected chi connectivity index (χ4v) is 2.05. The first-order chi connectivity index (χ1) is 7.75. The van der Waals surface area contributed by atoms with Gasteiger partial charge in [0.15, 0.2) is 5.82 Å². The lowest BCUT2D eigenvalue weighted by atomic mass is 10.3. The van der Waals surface area contributed by atoms with Gasteiger partial charge in [-0.1, -0.05) is 17.8 Å². The van der Waals surface area contributed by atoms with E-state index >= 15 is 0 Å². The third-order valence-corrected chi connectivity index (χ3v) is 3.02. The summed E-state index contributed by atoms with van der Waals surface area (Å²) in [6, 6.07) is 5.97. The van der Waals surface area contributed by atoms with Gasteiger partial charge >= 0.3 is 0 Å². The van der Waals surface area contributed by atoms with Crippen LogP contribution in [0.25, 0.3) is 0 Å². The second kappa shape index (κ2) is 4.94. The molecule has 0 aliphatic rings. The van der Waals surface area contributed by atoms with Crippen molar-refractivity contribution in [3.05, 3.63) is 42.0 Å². The Hall–Kier alpha value is -1.62. The van der Waals surface area contributed by atoms with E-state index in [2.05, 4.69) is 15.0 Å². The molecule has 0 atom stereocenters. The molecule has 2 aromatic heterocycles. The fourth-order valence-electron chi connectivity index (χ4n) is 1.27. The van der Waals surface area contributed by atoms with E-state index in [0.29, 0.717) is 5.82 Å². The van der Waals surface area contributed by atoms with Crippen LogP contribution in [0.5, 0.6) is 0 Å². The van der Waals surface area contributed by atoms with Gasteiger partial charge in [-0.15, -0.1) is 0 Å². The van der Waals surface area contributed by atoms with Crippen LogP contribution in [0, 0.1) is 6.92 Å². The third-order valence-electron chi connectivity index (χ3n) is 1.99. The molecule has 0 amide bonds. The van der Waals surface area contributed by atoms with Crippen molar-refractivity contribution < 1.29 is 0 Å². The highest BCUT2D eigenvalue weighted by molar-refractivity contribution is 7.98. The van der Waals surface area contributed by atoms with Crippen molar-refractivity contribution in [2.24, 2.45) is 0 Å². The maximum Gasteiger partial charge on any atom is 0.156 e. The first kappa shape index (κ1) is 10.9. The Kier molecular flexibility index (Phi) is 3.36. The number of aromatic nitrogens is 3. The number of nitrogens with zero attached hydrogens (tertiary/aromatic N) is 3. The lowest BCUT2D eigenvalue weighted by molar-refractivity contribution is 1.06. The molecule has 4 nitrogen and oxygen atoms in total. The number of thioether (sulfide) groups is 1. The van der Waals surface area contributed by atoms with E-state index in [1.54, 1.807) is 24.2 Å². The first-order valence-corrected chi connectivity index (χ1v) is 5.86. The Bertz CT molecular complexity index is 487. The number of nitrogen functional groups attached to an aromatic ring is 1. The highest BCUT2D eigenvalue weighted by atomic mass is 32.2. The van der Waals surface area contributed by atoms with Gasteiger partial charge in [0, 0.05) is 23.8 Å². The van der Waals surface area contributed by atoms with E-state index in [4.69, 9.17) is 5.73 Å². The number of nitrogens with two attached hydrogens (primary N) is 1. The molecule has 0 bridgehead atoms. The molecule has 0 saturated carbocycles. The van der Waals surface area contributed by atoms with Gasteiger partial charge in [-0.2, -0.15) is 0 Å². The van der Waals surface area contributed by atoms with Crippen molar-refractivity contribution in [1.29, 1.82) is 0 Å². The molecule has 0 aromatic carbocycles. The maximum absolute atomic E-state index is 5.70. The van der Waals surface area contributed by atoms with Crippen LogP contribution in [-0.2, 0) is 5.75 Å². The van der Waals surface area contributed by atoms with E-state index in [9.17, 15) is 0 Å². The molecule has 82 valence electrons. The summed E-state index contributed by atoms with van der Waals surface area (Å²) in [6.45, 7) is 1.98. The first-order valence-electron chi connectivity index (χ1n) is 4.87. The molecular weight excluding hydrogens is 220 g/mol. The Morgan fingerprint density at radius 2 is 2.06 bits per heavy atom. The van der Waals surface area contributed by atoms with Crippen molar-refractivity contribution in [1.82, 2.24) is 15.0 Å². The van der Waals surface area contributed by atoms with Crippen LogP contribution in [0.2, 0.25) is 0 Å². The molecule has 0 aliphatic carbocycles. The molecule has 2 rings (SSSR count). The normalized spacial score (nSPS) is 10.3. The van der Waals surface area contributed by atoms with Crippen molar-refractivity contribution in [2.75, 3.05) is 5.73 Å². The molecular formula is C11H12N4S. The molecule has 2 N–H and O–H groups in total. The van der Waals surface area contributed by atoms with Crippen molar-refractivity contribution in [2.45, 2.75) is 17.7 Å². The second-order valence-corrected chi connectivity index (χ2v) is 4.27. The highest BCUT2D eigenvalue weighted by Crippen LogP contribution is 2.23. The van der Waals surface area contributed by atoms with E-state index in [0.717, 1.165) is 22.2 Å². The zero-order valence-corrected chi connectivity index (χ0v) is 9.74. The summed E-state index contributed by atoms with van der Waals surface area (Å²) >= 11 is 1.55. The standard InChI is InChI=1S/C11H12N4S/c1-8-3-2-4-9(15-8)7-16-11-10(12)13-5-6-14-11/h2-6H,7H2,1H3,(H2,12,13). The van der Waals surface area contributed by atoms with Crippen LogP contribution in [0.4, 0.5) is 5.82 Å². The van der Waals surface area contributed by atoms with Crippen molar-refractivity contribution in [3.8, 4) is 0 Å². The van der Waals surface area contributed by atoms with Crippen LogP contribution in [-0.4, -0.2) is 15.0 Å². The molecule has 0 radical (unpaired) electrons. The van der Waals surface area contributed by atoms with Gasteiger partial charge in [-0.05, 0) is 19.1 Å². The minimum atomic E-state index is 0.472. The van der Waals surface area contributed by atoms with Gasteiger partial charge in [0.2, 0.25) is 0 Å². The molecule has 0 fully saturated rings. The average molecular weight is 232 g/mol. The number of hydrogen-bond donors (Lipinski definition) is 1. The van der Waals surface area contributed by atoms with E-state index in [-0.39, 0.29) is 0 Å². The largest absolute Gasteiger partial charge is 0.381 e. The third kappa shape index (κ3) is 2.70. The van der Waals surface area contributed by atoms with Gasteiger partial charge in [0.1, 0.15) is 5.03 Å². The maximum atomic E-state index is 5.70. The lowest BCUT2D eigenvalue weighted by Gasteiger charge is -2.03. The van der Waals surface area contributed by atoms with Crippen molar-refractivity contribution in [3.63, 3.8) is 0 Å². The number of aryl methyl sites for hydroxylation is 1. The van der Waals surface area contributed by atoms with Crippen LogP contribution >= 0.6 is 11.8 Å². The molecule has 5 heteroatoms. The summed E-state index contributed by atoms with van der Waals surface area (Å²) in [7, 11) is 0. The topological polar surface area (TPSA) is 64.7 Å². The summed E-state index contributed by atoms with van der Waals surface area (Å²) in [5.41, 5.74) is 7.74. The predicted octanol–water partition coefficient (Wildman–Crippen LogP) is 2.05. The molecule has 0 aliphatic heterocycles. The number of hydrogen-bond acceptors (Lipinski definition) is 5.